The quantitative estimate of drug-likeness (QED) is 0.801. The Morgan fingerprint density at radius 1 is 1.19 bits per heavy atom. The molecule has 2 aromatic carbocycles. The van der Waals surface area contributed by atoms with Crippen LogP contribution < -0.4 is 10.6 Å². The molecule has 1 unspecified atom stereocenters. The molecule has 1 heterocycles. The molecule has 3 rings (SSSR count). The van der Waals surface area contributed by atoms with Crippen molar-refractivity contribution in [2.45, 2.75) is 24.9 Å². The van der Waals surface area contributed by atoms with Gasteiger partial charge >= 0.3 is 12.3 Å². The Morgan fingerprint density at radius 2 is 1.96 bits per heavy atom. The fourth-order valence-corrected chi connectivity index (χ4v) is 3.10. The first-order valence-corrected chi connectivity index (χ1v) is 8.82. The SMILES string of the molecule is O=C(Nc1ccc(C2CCNC2)cc1)OCCc1cccc(C(F)(F)F)c1. The molecule has 2 aromatic rings. The van der Waals surface area contributed by atoms with E-state index in [1.165, 1.54) is 11.6 Å². The monoisotopic (exact) mass is 378 g/mol. The first-order chi connectivity index (χ1) is 12.9. The summed E-state index contributed by atoms with van der Waals surface area (Å²) in [7, 11) is 0. The minimum absolute atomic E-state index is 0.00102. The molecule has 0 aromatic heterocycles. The summed E-state index contributed by atoms with van der Waals surface area (Å²) in [4.78, 5) is 11.8. The number of carbonyl (C=O) groups is 1. The van der Waals surface area contributed by atoms with E-state index in [0.29, 0.717) is 17.2 Å². The summed E-state index contributed by atoms with van der Waals surface area (Å²) in [5.41, 5.74) is 1.60. The predicted octanol–water partition coefficient (Wildman–Crippen LogP) is 4.57. The number of rotatable bonds is 5. The zero-order valence-corrected chi connectivity index (χ0v) is 14.7. The van der Waals surface area contributed by atoms with Crippen LogP contribution in [0.3, 0.4) is 0 Å². The Morgan fingerprint density at radius 3 is 2.63 bits per heavy atom. The second kappa shape index (κ2) is 8.43. The molecule has 1 saturated heterocycles. The average Bonchev–Trinajstić information content (AvgIpc) is 3.16. The summed E-state index contributed by atoms with van der Waals surface area (Å²) in [6.07, 6.45) is -3.69. The molecule has 1 amide bonds. The summed E-state index contributed by atoms with van der Waals surface area (Å²) < 4.78 is 43.1. The summed E-state index contributed by atoms with van der Waals surface area (Å²) in [5.74, 6) is 0.499. The molecular weight excluding hydrogens is 357 g/mol. The van der Waals surface area contributed by atoms with Gasteiger partial charge in [-0.2, -0.15) is 13.2 Å². The maximum absolute atomic E-state index is 12.7. The summed E-state index contributed by atoms with van der Waals surface area (Å²) in [6.45, 7) is 1.98. The van der Waals surface area contributed by atoms with Crippen LogP contribution in [0.4, 0.5) is 23.7 Å². The van der Waals surface area contributed by atoms with Crippen molar-refractivity contribution in [3.05, 3.63) is 65.2 Å². The zero-order chi connectivity index (χ0) is 19.3. The number of ether oxygens (including phenoxy) is 1. The molecule has 144 valence electrons. The second-order valence-electron chi connectivity index (χ2n) is 6.52. The number of amides is 1. The Bertz CT molecular complexity index is 770. The van der Waals surface area contributed by atoms with Gasteiger partial charge in [-0.15, -0.1) is 0 Å². The first-order valence-electron chi connectivity index (χ1n) is 8.82. The van der Waals surface area contributed by atoms with Crippen molar-refractivity contribution in [3.8, 4) is 0 Å². The van der Waals surface area contributed by atoms with Crippen LogP contribution in [-0.2, 0) is 17.3 Å². The van der Waals surface area contributed by atoms with Crippen molar-refractivity contribution < 1.29 is 22.7 Å². The molecule has 0 bridgehead atoms. The van der Waals surface area contributed by atoms with Gasteiger partial charge in [-0.1, -0.05) is 30.3 Å². The lowest BCUT2D eigenvalue weighted by atomic mass is 9.98. The van der Waals surface area contributed by atoms with Gasteiger partial charge in [0.15, 0.2) is 0 Å². The fourth-order valence-electron chi connectivity index (χ4n) is 3.10. The molecule has 1 aliphatic rings. The van der Waals surface area contributed by atoms with Crippen LogP contribution in [-0.4, -0.2) is 25.8 Å². The average molecular weight is 378 g/mol. The van der Waals surface area contributed by atoms with Gasteiger partial charge in [0.1, 0.15) is 0 Å². The molecule has 0 spiro atoms. The molecule has 27 heavy (non-hydrogen) atoms. The lowest BCUT2D eigenvalue weighted by Gasteiger charge is -2.11. The van der Waals surface area contributed by atoms with Crippen molar-refractivity contribution in [2.24, 2.45) is 0 Å². The van der Waals surface area contributed by atoms with Crippen molar-refractivity contribution in [2.75, 3.05) is 25.0 Å². The number of hydrogen-bond donors (Lipinski definition) is 2. The van der Waals surface area contributed by atoms with Gasteiger partial charge in [-0.3, -0.25) is 5.32 Å². The third-order valence-corrected chi connectivity index (χ3v) is 4.57. The second-order valence-corrected chi connectivity index (χ2v) is 6.52. The molecule has 0 saturated carbocycles. The number of halogens is 3. The highest BCUT2D eigenvalue weighted by atomic mass is 19.4. The largest absolute Gasteiger partial charge is 0.449 e. The number of alkyl halides is 3. The fraction of sp³-hybridized carbons (Fsp3) is 0.350. The number of hydrogen-bond acceptors (Lipinski definition) is 3. The van der Waals surface area contributed by atoms with Crippen LogP contribution >= 0.6 is 0 Å². The van der Waals surface area contributed by atoms with E-state index in [-0.39, 0.29) is 13.0 Å². The Kier molecular flexibility index (Phi) is 6.01. The molecule has 1 fully saturated rings. The minimum atomic E-state index is -4.38. The summed E-state index contributed by atoms with van der Waals surface area (Å²) >= 11 is 0. The molecule has 7 heteroatoms. The van der Waals surface area contributed by atoms with E-state index in [1.54, 1.807) is 6.07 Å². The maximum Gasteiger partial charge on any atom is 0.416 e. The highest BCUT2D eigenvalue weighted by Crippen LogP contribution is 2.29. The minimum Gasteiger partial charge on any atom is -0.449 e. The van der Waals surface area contributed by atoms with Crippen molar-refractivity contribution in [1.29, 1.82) is 0 Å². The first kappa shape index (κ1) is 19.2. The third-order valence-electron chi connectivity index (χ3n) is 4.57. The van der Waals surface area contributed by atoms with Gasteiger partial charge < -0.3 is 10.1 Å². The van der Waals surface area contributed by atoms with Gasteiger partial charge in [0, 0.05) is 18.7 Å². The number of anilines is 1. The van der Waals surface area contributed by atoms with Gasteiger partial charge in [0.05, 0.1) is 12.2 Å². The molecule has 1 aliphatic heterocycles. The van der Waals surface area contributed by atoms with Crippen molar-refractivity contribution >= 4 is 11.8 Å². The number of carbonyl (C=O) groups excluding carboxylic acids is 1. The van der Waals surface area contributed by atoms with Crippen molar-refractivity contribution in [1.82, 2.24) is 5.32 Å². The normalized spacial score (nSPS) is 16.9. The molecule has 0 aliphatic carbocycles. The third kappa shape index (κ3) is 5.47. The summed E-state index contributed by atoms with van der Waals surface area (Å²) in [6, 6.07) is 12.6. The molecule has 4 nitrogen and oxygen atoms in total. The van der Waals surface area contributed by atoms with E-state index in [4.69, 9.17) is 4.74 Å². The topological polar surface area (TPSA) is 50.4 Å². The molecular formula is C20H21F3N2O2. The lowest BCUT2D eigenvalue weighted by molar-refractivity contribution is -0.137. The molecule has 1 atom stereocenters. The smallest absolute Gasteiger partial charge is 0.416 e. The van der Waals surface area contributed by atoms with Crippen LogP contribution in [0.5, 0.6) is 0 Å². The standard InChI is InChI=1S/C20H21F3N2O2/c21-20(22,23)17-3-1-2-14(12-17)9-11-27-19(26)25-18-6-4-15(5-7-18)16-8-10-24-13-16/h1-7,12,16,24H,8-11,13H2,(H,25,26). The van der Waals surface area contributed by atoms with E-state index in [0.717, 1.165) is 31.6 Å². The highest BCUT2D eigenvalue weighted by Gasteiger charge is 2.30. The zero-order valence-electron chi connectivity index (χ0n) is 14.7. The summed E-state index contributed by atoms with van der Waals surface area (Å²) in [5, 5.41) is 5.94. The van der Waals surface area contributed by atoms with E-state index < -0.39 is 17.8 Å². The van der Waals surface area contributed by atoms with Gasteiger partial charge in [-0.25, -0.2) is 4.79 Å². The number of benzene rings is 2. The van der Waals surface area contributed by atoms with Crippen LogP contribution in [0.25, 0.3) is 0 Å². The van der Waals surface area contributed by atoms with Crippen LogP contribution in [0, 0.1) is 0 Å². The Hall–Kier alpha value is -2.54. The van der Waals surface area contributed by atoms with Crippen LogP contribution in [0.1, 0.15) is 29.0 Å². The van der Waals surface area contributed by atoms with E-state index in [1.807, 2.05) is 24.3 Å². The van der Waals surface area contributed by atoms with Gasteiger partial charge in [0.2, 0.25) is 0 Å². The van der Waals surface area contributed by atoms with Crippen molar-refractivity contribution in [3.63, 3.8) is 0 Å². The molecule has 2 N–H and O–H groups in total. The predicted molar refractivity (Wildman–Crippen MR) is 96.8 cm³/mol. The maximum atomic E-state index is 12.7. The number of nitrogens with one attached hydrogen (secondary N) is 2. The van der Waals surface area contributed by atoms with Gasteiger partial charge in [-0.05, 0) is 48.2 Å². The van der Waals surface area contributed by atoms with E-state index in [9.17, 15) is 18.0 Å². The van der Waals surface area contributed by atoms with Crippen LogP contribution in [0.2, 0.25) is 0 Å². The lowest BCUT2D eigenvalue weighted by Crippen LogP contribution is -2.15. The van der Waals surface area contributed by atoms with Gasteiger partial charge in [0.25, 0.3) is 0 Å². The molecule has 0 radical (unpaired) electrons. The van der Waals surface area contributed by atoms with Crippen LogP contribution in [0.15, 0.2) is 48.5 Å². The van der Waals surface area contributed by atoms with E-state index in [2.05, 4.69) is 10.6 Å². The van der Waals surface area contributed by atoms with E-state index >= 15 is 0 Å². The Labute approximate surface area is 155 Å². The Balaban J connectivity index is 1.46. The highest BCUT2D eigenvalue weighted by molar-refractivity contribution is 5.84.